The average molecular weight is 250 g/mol. The van der Waals surface area contributed by atoms with Gasteiger partial charge in [0.15, 0.2) is 0 Å². The maximum absolute atomic E-state index is 10.9. The number of ether oxygens (including phenoxy) is 1. The van der Waals surface area contributed by atoms with Crippen LogP contribution in [0.2, 0.25) is 0 Å². The molecule has 0 heterocycles. The number of carboxylic acid groups (broad SMARTS) is 1. The predicted octanol–water partition coefficient (Wildman–Crippen LogP) is 3.57. The Labute approximate surface area is 109 Å². The Hall–Kier alpha value is -1.51. The second-order valence-corrected chi connectivity index (χ2v) is 5.46. The van der Waals surface area contributed by atoms with E-state index in [2.05, 4.69) is 6.07 Å². The summed E-state index contributed by atoms with van der Waals surface area (Å²) in [7, 11) is 0. The number of benzene rings is 1. The zero-order chi connectivity index (χ0) is 13.8. The Morgan fingerprint density at radius 2 is 1.78 bits per heavy atom. The van der Waals surface area contributed by atoms with E-state index in [-0.39, 0.29) is 0 Å². The van der Waals surface area contributed by atoms with Crippen molar-refractivity contribution < 1.29 is 14.6 Å². The van der Waals surface area contributed by atoms with Gasteiger partial charge in [-0.2, -0.15) is 0 Å². The molecule has 0 saturated carbocycles. The molecule has 3 heteroatoms. The molecule has 18 heavy (non-hydrogen) atoms. The second kappa shape index (κ2) is 5.89. The highest BCUT2D eigenvalue weighted by Crippen LogP contribution is 2.23. The summed E-state index contributed by atoms with van der Waals surface area (Å²) in [5, 5.41) is 8.99. The van der Waals surface area contributed by atoms with E-state index in [4.69, 9.17) is 9.84 Å². The van der Waals surface area contributed by atoms with Gasteiger partial charge in [-0.3, -0.25) is 4.79 Å². The molecule has 1 aromatic carbocycles. The monoisotopic (exact) mass is 250 g/mol. The Morgan fingerprint density at radius 3 is 2.28 bits per heavy atom. The molecule has 0 amide bonds. The summed E-state index contributed by atoms with van der Waals surface area (Å²) >= 11 is 0. The molecule has 0 spiro atoms. The topological polar surface area (TPSA) is 46.5 Å². The molecule has 100 valence electrons. The second-order valence-electron chi connectivity index (χ2n) is 5.46. The molecule has 0 aliphatic heterocycles. The van der Waals surface area contributed by atoms with Crippen molar-refractivity contribution in [3.05, 3.63) is 29.3 Å². The van der Waals surface area contributed by atoms with Crippen LogP contribution in [0.15, 0.2) is 18.2 Å². The van der Waals surface area contributed by atoms with Crippen LogP contribution in [0.1, 0.15) is 37.8 Å². The van der Waals surface area contributed by atoms with Gasteiger partial charge in [-0.25, -0.2) is 0 Å². The largest absolute Gasteiger partial charge is 0.494 e. The molecule has 0 aliphatic carbocycles. The van der Waals surface area contributed by atoms with Crippen molar-refractivity contribution >= 4 is 5.97 Å². The van der Waals surface area contributed by atoms with Crippen LogP contribution in [0.5, 0.6) is 5.75 Å². The number of hydrogen-bond acceptors (Lipinski definition) is 2. The molecule has 0 unspecified atom stereocenters. The van der Waals surface area contributed by atoms with Gasteiger partial charge in [0.2, 0.25) is 0 Å². The van der Waals surface area contributed by atoms with Gasteiger partial charge in [0, 0.05) is 0 Å². The predicted molar refractivity (Wildman–Crippen MR) is 72.1 cm³/mol. The lowest BCUT2D eigenvalue weighted by atomic mass is 9.88. The smallest absolute Gasteiger partial charge is 0.309 e. The minimum absolute atomic E-state index is 0.555. The molecule has 1 aromatic rings. The van der Waals surface area contributed by atoms with Gasteiger partial charge in [-0.15, -0.1) is 0 Å². The lowest BCUT2D eigenvalue weighted by Gasteiger charge is -2.18. The van der Waals surface area contributed by atoms with Crippen molar-refractivity contribution in [3.63, 3.8) is 0 Å². The van der Waals surface area contributed by atoms with E-state index >= 15 is 0 Å². The zero-order valence-corrected chi connectivity index (χ0v) is 11.6. The number of carbonyl (C=O) groups is 1. The third-order valence-corrected chi connectivity index (χ3v) is 2.99. The van der Waals surface area contributed by atoms with Crippen LogP contribution in [0.4, 0.5) is 0 Å². The molecule has 0 saturated heterocycles. The Morgan fingerprint density at radius 1 is 1.22 bits per heavy atom. The first-order valence-electron chi connectivity index (χ1n) is 6.26. The standard InChI is InChI=1S/C15H22O3/c1-11-8-12(2)10-13(9-11)18-7-5-6-15(3,4)14(16)17/h8-10H,5-7H2,1-4H3,(H,16,17). The zero-order valence-electron chi connectivity index (χ0n) is 11.6. The summed E-state index contributed by atoms with van der Waals surface area (Å²) in [4.78, 5) is 10.9. The summed E-state index contributed by atoms with van der Waals surface area (Å²) in [6, 6.07) is 6.09. The lowest BCUT2D eigenvalue weighted by Crippen LogP contribution is -2.24. The normalized spacial score (nSPS) is 11.3. The summed E-state index contributed by atoms with van der Waals surface area (Å²) in [6.45, 7) is 8.11. The van der Waals surface area contributed by atoms with Crippen molar-refractivity contribution in [2.45, 2.75) is 40.5 Å². The lowest BCUT2D eigenvalue weighted by molar-refractivity contribution is -0.147. The summed E-state index contributed by atoms with van der Waals surface area (Å²) in [5.41, 5.74) is 1.68. The fraction of sp³-hybridized carbons (Fsp3) is 0.533. The molecule has 0 aromatic heterocycles. The van der Waals surface area contributed by atoms with Gasteiger partial charge < -0.3 is 9.84 Å². The summed E-state index contributed by atoms with van der Waals surface area (Å²) in [6.07, 6.45) is 1.36. The maximum atomic E-state index is 10.9. The van der Waals surface area contributed by atoms with E-state index in [1.54, 1.807) is 13.8 Å². The van der Waals surface area contributed by atoms with Crippen LogP contribution in [-0.4, -0.2) is 17.7 Å². The minimum Gasteiger partial charge on any atom is -0.494 e. The van der Waals surface area contributed by atoms with Crippen molar-refractivity contribution in [1.29, 1.82) is 0 Å². The van der Waals surface area contributed by atoms with Crippen LogP contribution in [-0.2, 0) is 4.79 Å². The number of aryl methyl sites for hydroxylation is 2. The molecular formula is C15H22O3. The minimum atomic E-state index is -0.756. The molecule has 0 bridgehead atoms. The number of hydrogen-bond donors (Lipinski definition) is 1. The SMILES string of the molecule is Cc1cc(C)cc(OCCCC(C)(C)C(=O)O)c1. The molecule has 1 N–H and O–H groups in total. The van der Waals surface area contributed by atoms with E-state index in [0.29, 0.717) is 13.0 Å². The van der Waals surface area contributed by atoms with E-state index in [9.17, 15) is 4.79 Å². The number of rotatable bonds is 6. The summed E-state index contributed by atoms with van der Waals surface area (Å²) < 4.78 is 5.65. The van der Waals surface area contributed by atoms with Gasteiger partial charge in [-0.05, 0) is 63.8 Å². The van der Waals surface area contributed by atoms with Crippen LogP contribution in [0, 0.1) is 19.3 Å². The molecule has 0 fully saturated rings. The van der Waals surface area contributed by atoms with Gasteiger partial charge in [-0.1, -0.05) is 6.07 Å². The highest BCUT2D eigenvalue weighted by atomic mass is 16.5. The quantitative estimate of drug-likeness (QED) is 0.785. The summed E-state index contributed by atoms with van der Waals surface area (Å²) in [5.74, 6) is 0.106. The number of aliphatic carboxylic acids is 1. The average Bonchev–Trinajstić information content (AvgIpc) is 2.23. The fourth-order valence-electron chi connectivity index (χ4n) is 1.83. The fourth-order valence-corrected chi connectivity index (χ4v) is 1.83. The van der Waals surface area contributed by atoms with Gasteiger partial charge in [0.05, 0.1) is 12.0 Å². The van der Waals surface area contributed by atoms with Crippen molar-refractivity contribution in [2.75, 3.05) is 6.61 Å². The van der Waals surface area contributed by atoms with Gasteiger partial charge in [0.25, 0.3) is 0 Å². The van der Waals surface area contributed by atoms with E-state index in [1.165, 1.54) is 11.1 Å². The maximum Gasteiger partial charge on any atom is 0.309 e. The highest BCUT2D eigenvalue weighted by molar-refractivity contribution is 5.73. The number of carboxylic acids is 1. The third-order valence-electron chi connectivity index (χ3n) is 2.99. The van der Waals surface area contributed by atoms with Crippen LogP contribution >= 0.6 is 0 Å². The van der Waals surface area contributed by atoms with Crippen molar-refractivity contribution in [1.82, 2.24) is 0 Å². The van der Waals surface area contributed by atoms with Crippen LogP contribution in [0.3, 0.4) is 0 Å². The molecule has 0 aliphatic rings. The third kappa shape index (κ3) is 4.40. The van der Waals surface area contributed by atoms with E-state index < -0.39 is 11.4 Å². The van der Waals surface area contributed by atoms with Crippen molar-refractivity contribution in [2.24, 2.45) is 5.41 Å². The van der Waals surface area contributed by atoms with Crippen LogP contribution < -0.4 is 4.74 Å². The molecule has 3 nitrogen and oxygen atoms in total. The molecule has 0 radical (unpaired) electrons. The Bertz CT molecular complexity index is 401. The molecule has 0 atom stereocenters. The first-order valence-corrected chi connectivity index (χ1v) is 6.26. The van der Waals surface area contributed by atoms with Gasteiger partial charge in [0.1, 0.15) is 5.75 Å². The first-order chi connectivity index (χ1) is 8.31. The Kier molecular flexibility index (Phi) is 4.76. The van der Waals surface area contributed by atoms with E-state index in [0.717, 1.165) is 12.2 Å². The molecular weight excluding hydrogens is 228 g/mol. The van der Waals surface area contributed by atoms with E-state index in [1.807, 2.05) is 26.0 Å². The van der Waals surface area contributed by atoms with Crippen molar-refractivity contribution in [3.8, 4) is 5.75 Å². The van der Waals surface area contributed by atoms with Crippen LogP contribution in [0.25, 0.3) is 0 Å². The molecule has 1 rings (SSSR count). The Balaban J connectivity index is 2.40. The highest BCUT2D eigenvalue weighted by Gasteiger charge is 2.26. The first kappa shape index (κ1) is 14.6. The van der Waals surface area contributed by atoms with Gasteiger partial charge >= 0.3 is 5.97 Å².